The quantitative estimate of drug-likeness (QED) is 0.815. The first kappa shape index (κ1) is 16.9. The van der Waals surface area contributed by atoms with E-state index in [2.05, 4.69) is 0 Å². The normalized spacial score (nSPS) is 11.3. The minimum atomic E-state index is -3.48. The molecule has 20 heavy (non-hydrogen) atoms. The number of nitrogens with two attached hydrogens (primary N) is 1. The van der Waals surface area contributed by atoms with Gasteiger partial charge in [-0.2, -0.15) is 0 Å². The molecular formula is C13H19ClN2O3S. The third kappa shape index (κ3) is 5.90. The predicted molar refractivity (Wildman–Crippen MR) is 80.3 cm³/mol. The van der Waals surface area contributed by atoms with Gasteiger partial charge in [0.2, 0.25) is 5.91 Å². The summed E-state index contributed by atoms with van der Waals surface area (Å²) in [5.41, 5.74) is 5.97. The number of benzene rings is 1. The van der Waals surface area contributed by atoms with Crippen molar-refractivity contribution in [3.63, 3.8) is 0 Å². The van der Waals surface area contributed by atoms with Gasteiger partial charge in [0.15, 0.2) is 9.84 Å². The molecule has 0 radical (unpaired) electrons. The van der Waals surface area contributed by atoms with Crippen LogP contribution in [0.15, 0.2) is 24.3 Å². The van der Waals surface area contributed by atoms with Gasteiger partial charge in [0.05, 0.1) is 5.75 Å². The summed E-state index contributed by atoms with van der Waals surface area (Å²) >= 11 is 5.74. The molecule has 0 aliphatic carbocycles. The van der Waals surface area contributed by atoms with E-state index in [1.165, 1.54) is 4.90 Å². The predicted octanol–water partition coefficient (Wildman–Crippen LogP) is 1.06. The fraction of sp³-hybridized carbons (Fsp3) is 0.462. The third-order valence-corrected chi connectivity index (χ3v) is 4.48. The van der Waals surface area contributed by atoms with Crippen LogP contribution < -0.4 is 5.73 Å². The van der Waals surface area contributed by atoms with Crippen molar-refractivity contribution in [1.29, 1.82) is 0 Å². The van der Waals surface area contributed by atoms with Gasteiger partial charge in [-0.05, 0) is 30.7 Å². The number of amides is 1. The van der Waals surface area contributed by atoms with Crippen molar-refractivity contribution in [2.75, 3.05) is 25.9 Å². The van der Waals surface area contributed by atoms with E-state index in [-0.39, 0.29) is 5.75 Å². The van der Waals surface area contributed by atoms with Gasteiger partial charge in [-0.1, -0.05) is 23.7 Å². The summed E-state index contributed by atoms with van der Waals surface area (Å²) in [6, 6.07) is 6.54. The average Bonchev–Trinajstić information content (AvgIpc) is 2.37. The van der Waals surface area contributed by atoms with Gasteiger partial charge in [-0.25, -0.2) is 8.42 Å². The molecule has 1 aromatic carbocycles. The maximum absolute atomic E-state index is 12.0. The molecule has 0 fully saturated rings. The minimum absolute atomic E-state index is 0.166. The van der Waals surface area contributed by atoms with Crippen LogP contribution in [0, 0.1) is 0 Å². The van der Waals surface area contributed by atoms with Crippen LogP contribution in [0.3, 0.4) is 0 Å². The molecule has 0 aliphatic heterocycles. The number of nitrogens with zero attached hydrogens (tertiary/aromatic N) is 1. The lowest BCUT2D eigenvalue weighted by Crippen LogP contribution is -2.34. The van der Waals surface area contributed by atoms with Crippen LogP contribution in [-0.2, 0) is 20.4 Å². The van der Waals surface area contributed by atoms with Gasteiger partial charge < -0.3 is 10.6 Å². The lowest BCUT2D eigenvalue weighted by atomic mass is 10.2. The second-order valence-electron chi connectivity index (χ2n) is 4.62. The van der Waals surface area contributed by atoms with E-state index in [4.69, 9.17) is 17.3 Å². The Morgan fingerprint density at radius 1 is 1.30 bits per heavy atom. The van der Waals surface area contributed by atoms with E-state index in [1.54, 1.807) is 31.3 Å². The molecule has 0 unspecified atom stereocenters. The smallest absolute Gasteiger partial charge is 0.237 e. The Bertz CT molecular complexity index is 543. The van der Waals surface area contributed by atoms with Crippen molar-refractivity contribution >= 4 is 27.3 Å². The number of sulfone groups is 1. The maximum atomic E-state index is 12.0. The largest absolute Gasteiger partial charge is 0.345 e. The number of hydrogen-bond acceptors (Lipinski definition) is 4. The zero-order valence-corrected chi connectivity index (χ0v) is 13.0. The van der Waals surface area contributed by atoms with E-state index in [0.717, 1.165) is 0 Å². The second-order valence-corrected chi connectivity index (χ2v) is 7.12. The summed E-state index contributed by atoms with van der Waals surface area (Å²) < 4.78 is 23.9. The topological polar surface area (TPSA) is 80.5 Å². The molecule has 1 rings (SSSR count). The number of rotatable bonds is 7. The van der Waals surface area contributed by atoms with Crippen molar-refractivity contribution in [3.05, 3.63) is 34.9 Å². The third-order valence-electron chi connectivity index (χ3n) is 2.77. The molecule has 0 spiro atoms. The Morgan fingerprint density at radius 3 is 2.45 bits per heavy atom. The number of hydrogen-bond donors (Lipinski definition) is 1. The molecule has 0 heterocycles. The average molecular weight is 319 g/mol. The standard InChI is InChI=1S/C13H19ClN2O3S/c1-16(8-2-7-15)13(17)10-20(18,19)9-11-3-5-12(14)6-4-11/h3-6H,2,7-10,15H2,1H3. The molecule has 5 nitrogen and oxygen atoms in total. The second kappa shape index (κ2) is 7.61. The van der Waals surface area contributed by atoms with Crippen LogP contribution in [0.25, 0.3) is 0 Å². The van der Waals surface area contributed by atoms with Crippen molar-refractivity contribution in [2.24, 2.45) is 5.73 Å². The van der Waals surface area contributed by atoms with Gasteiger partial charge in [0, 0.05) is 18.6 Å². The maximum Gasteiger partial charge on any atom is 0.237 e. The van der Waals surface area contributed by atoms with E-state index in [9.17, 15) is 13.2 Å². The van der Waals surface area contributed by atoms with Crippen LogP contribution in [0.4, 0.5) is 0 Å². The first-order valence-electron chi connectivity index (χ1n) is 6.23. The van der Waals surface area contributed by atoms with Gasteiger partial charge in [-0.15, -0.1) is 0 Å². The molecule has 1 aromatic rings. The summed E-state index contributed by atoms with van der Waals surface area (Å²) in [6.45, 7) is 0.931. The van der Waals surface area contributed by atoms with Crippen molar-refractivity contribution in [3.8, 4) is 0 Å². The van der Waals surface area contributed by atoms with E-state index in [0.29, 0.717) is 30.1 Å². The monoisotopic (exact) mass is 318 g/mol. The number of halogens is 1. The Kier molecular flexibility index (Phi) is 6.45. The van der Waals surface area contributed by atoms with Crippen LogP contribution in [0.1, 0.15) is 12.0 Å². The molecule has 0 aliphatic rings. The van der Waals surface area contributed by atoms with E-state index < -0.39 is 21.5 Å². The van der Waals surface area contributed by atoms with Crippen LogP contribution >= 0.6 is 11.6 Å². The van der Waals surface area contributed by atoms with Crippen molar-refractivity contribution in [2.45, 2.75) is 12.2 Å². The molecule has 0 bridgehead atoms. The highest BCUT2D eigenvalue weighted by atomic mass is 35.5. The Morgan fingerprint density at radius 2 is 1.90 bits per heavy atom. The summed E-state index contributed by atoms with van der Waals surface area (Å²) in [4.78, 5) is 13.2. The molecule has 0 aromatic heterocycles. The van der Waals surface area contributed by atoms with Crippen LogP contribution in [0.2, 0.25) is 5.02 Å². The van der Waals surface area contributed by atoms with Gasteiger partial charge >= 0.3 is 0 Å². The molecule has 1 amide bonds. The van der Waals surface area contributed by atoms with Crippen LogP contribution in [0.5, 0.6) is 0 Å². The highest BCUT2D eigenvalue weighted by Crippen LogP contribution is 2.12. The summed E-state index contributed by atoms with van der Waals surface area (Å²) in [5, 5.41) is 0.545. The number of carbonyl (C=O) groups excluding carboxylic acids is 1. The summed E-state index contributed by atoms with van der Waals surface area (Å²) in [7, 11) is -1.90. The van der Waals surface area contributed by atoms with Crippen LogP contribution in [-0.4, -0.2) is 45.1 Å². The van der Waals surface area contributed by atoms with Gasteiger partial charge in [0.25, 0.3) is 0 Å². The van der Waals surface area contributed by atoms with Gasteiger partial charge in [-0.3, -0.25) is 4.79 Å². The molecular weight excluding hydrogens is 300 g/mol. The lowest BCUT2D eigenvalue weighted by molar-refractivity contribution is -0.127. The molecule has 0 saturated heterocycles. The molecule has 0 saturated carbocycles. The van der Waals surface area contributed by atoms with E-state index in [1.807, 2.05) is 0 Å². The first-order valence-corrected chi connectivity index (χ1v) is 8.43. The van der Waals surface area contributed by atoms with E-state index >= 15 is 0 Å². The van der Waals surface area contributed by atoms with Crippen molar-refractivity contribution in [1.82, 2.24) is 4.90 Å². The Hall–Kier alpha value is -1.11. The Balaban J connectivity index is 2.61. The molecule has 2 N–H and O–H groups in total. The minimum Gasteiger partial charge on any atom is -0.345 e. The summed E-state index contributed by atoms with van der Waals surface area (Å²) in [5.74, 6) is -1.07. The highest BCUT2D eigenvalue weighted by molar-refractivity contribution is 7.91. The molecule has 7 heteroatoms. The zero-order valence-electron chi connectivity index (χ0n) is 11.4. The SMILES string of the molecule is CN(CCCN)C(=O)CS(=O)(=O)Cc1ccc(Cl)cc1. The zero-order chi connectivity index (χ0) is 15.2. The summed E-state index contributed by atoms with van der Waals surface area (Å²) in [6.07, 6.45) is 0.652. The highest BCUT2D eigenvalue weighted by Gasteiger charge is 2.19. The number of carbonyl (C=O) groups is 1. The lowest BCUT2D eigenvalue weighted by Gasteiger charge is -2.16. The molecule has 112 valence electrons. The van der Waals surface area contributed by atoms with Gasteiger partial charge in [0.1, 0.15) is 5.75 Å². The fourth-order valence-electron chi connectivity index (χ4n) is 1.64. The fourth-order valence-corrected chi connectivity index (χ4v) is 3.16. The molecule has 0 atom stereocenters. The first-order chi connectivity index (χ1) is 9.34. The Labute approximate surface area is 124 Å². The van der Waals surface area contributed by atoms with Crippen molar-refractivity contribution < 1.29 is 13.2 Å².